The van der Waals surface area contributed by atoms with E-state index in [1.54, 1.807) is 12.1 Å². The maximum atomic E-state index is 11.3. The van der Waals surface area contributed by atoms with Gasteiger partial charge in [0, 0.05) is 11.7 Å². The highest BCUT2D eigenvalue weighted by Gasteiger charge is 2.42. The largest absolute Gasteiger partial charge is 0.465 e. The summed E-state index contributed by atoms with van der Waals surface area (Å²) in [5, 5.41) is 3.48. The molecule has 0 spiro atoms. The van der Waals surface area contributed by atoms with Crippen molar-refractivity contribution in [2.24, 2.45) is 5.41 Å². The Bertz CT molecular complexity index is 407. The molecule has 0 aliphatic heterocycles. The van der Waals surface area contributed by atoms with E-state index in [4.69, 9.17) is 0 Å². The number of anilines is 1. The zero-order valence-corrected chi connectivity index (χ0v) is 10.6. The first kappa shape index (κ1) is 12.0. The summed E-state index contributed by atoms with van der Waals surface area (Å²) < 4.78 is 4.66. The van der Waals surface area contributed by atoms with Crippen LogP contribution < -0.4 is 5.32 Å². The number of esters is 1. The van der Waals surface area contributed by atoms with Crippen LogP contribution in [0.3, 0.4) is 0 Å². The third-order valence-electron chi connectivity index (χ3n) is 3.77. The minimum atomic E-state index is -0.293. The van der Waals surface area contributed by atoms with Crippen LogP contribution in [0.25, 0.3) is 0 Å². The first-order chi connectivity index (χ1) is 8.05. The second-order valence-electron chi connectivity index (χ2n) is 5.09. The third kappa shape index (κ3) is 2.60. The lowest BCUT2D eigenvalue weighted by atomic mass is 10.0. The number of carbonyl (C=O) groups is 1. The molecule has 17 heavy (non-hydrogen) atoms. The van der Waals surface area contributed by atoms with Gasteiger partial charge in [0.15, 0.2) is 0 Å². The SMILES string of the molecule is COC(=O)c1ccc(NC(C)C2(C)CC2)cc1. The van der Waals surface area contributed by atoms with Crippen molar-refractivity contribution < 1.29 is 9.53 Å². The molecule has 1 aliphatic rings. The van der Waals surface area contributed by atoms with Crippen LogP contribution in [-0.2, 0) is 4.74 Å². The molecule has 3 heteroatoms. The summed E-state index contributed by atoms with van der Waals surface area (Å²) in [7, 11) is 1.39. The number of benzene rings is 1. The van der Waals surface area contributed by atoms with E-state index in [-0.39, 0.29) is 5.97 Å². The van der Waals surface area contributed by atoms with E-state index in [0.717, 1.165) is 5.69 Å². The van der Waals surface area contributed by atoms with Gasteiger partial charge in [-0.05, 0) is 49.4 Å². The van der Waals surface area contributed by atoms with Crippen LogP contribution in [0.1, 0.15) is 37.0 Å². The first-order valence-corrected chi connectivity index (χ1v) is 6.00. The van der Waals surface area contributed by atoms with E-state index < -0.39 is 0 Å². The van der Waals surface area contributed by atoms with Crippen LogP contribution in [0.15, 0.2) is 24.3 Å². The van der Waals surface area contributed by atoms with E-state index >= 15 is 0 Å². The van der Waals surface area contributed by atoms with Crippen LogP contribution >= 0.6 is 0 Å². The van der Waals surface area contributed by atoms with E-state index in [9.17, 15) is 4.79 Å². The Morgan fingerprint density at radius 1 is 1.35 bits per heavy atom. The van der Waals surface area contributed by atoms with Crippen LogP contribution in [-0.4, -0.2) is 19.1 Å². The van der Waals surface area contributed by atoms with Crippen molar-refractivity contribution in [3.8, 4) is 0 Å². The van der Waals surface area contributed by atoms with Gasteiger partial charge in [-0.15, -0.1) is 0 Å². The normalized spacial score (nSPS) is 18.3. The Morgan fingerprint density at radius 2 is 1.94 bits per heavy atom. The molecule has 0 bridgehead atoms. The predicted molar refractivity (Wildman–Crippen MR) is 68.2 cm³/mol. The molecule has 1 aliphatic carbocycles. The molecule has 1 fully saturated rings. The predicted octanol–water partition coefficient (Wildman–Crippen LogP) is 3.07. The van der Waals surface area contributed by atoms with Crippen molar-refractivity contribution in [3.63, 3.8) is 0 Å². The minimum absolute atomic E-state index is 0.293. The molecule has 0 amide bonds. The summed E-state index contributed by atoms with van der Waals surface area (Å²) in [5.41, 5.74) is 2.09. The molecule has 0 aromatic heterocycles. The van der Waals surface area contributed by atoms with Crippen LogP contribution in [0, 0.1) is 5.41 Å². The molecule has 0 radical (unpaired) electrons. The highest BCUT2D eigenvalue weighted by atomic mass is 16.5. The molecule has 0 heterocycles. The Hall–Kier alpha value is -1.51. The lowest BCUT2D eigenvalue weighted by molar-refractivity contribution is 0.0601. The second-order valence-corrected chi connectivity index (χ2v) is 5.09. The summed E-state index contributed by atoms with van der Waals surface area (Å²) in [4.78, 5) is 11.3. The van der Waals surface area contributed by atoms with Gasteiger partial charge in [0.05, 0.1) is 12.7 Å². The zero-order valence-electron chi connectivity index (χ0n) is 10.6. The van der Waals surface area contributed by atoms with Gasteiger partial charge in [-0.3, -0.25) is 0 Å². The number of hydrogen-bond donors (Lipinski definition) is 1. The molecule has 0 saturated heterocycles. The van der Waals surface area contributed by atoms with Crippen molar-refractivity contribution >= 4 is 11.7 Å². The fourth-order valence-corrected chi connectivity index (χ4v) is 1.87. The average molecular weight is 233 g/mol. The lowest BCUT2D eigenvalue weighted by Gasteiger charge is -2.21. The van der Waals surface area contributed by atoms with Gasteiger partial charge >= 0.3 is 5.97 Å². The smallest absolute Gasteiger partial charge is 0.337 e. The minimum Gasteiger partial charge on any atom is -0.465 e. The van der Waals surface area contributed by atoms with Crippen molar-refractivity contribution in [2.45, 2.75) is 32.7 Å². The Labute approximate surface area is 102 Å². The molecule has 1 aromatic carbocycles. The fraction of sp³-hybridized carbons (Fsp3) is 0.500. The monoisotopic (exact) mass is 233 g/mol. The molecular formula is C14H19NO2. The maximum Gasteiger partial charge on any atom is 0.337 e. The van der Waals surface area contributed by atoms with Crippen molar-refractivity contribution in [3.05, 3.63) is 29.8 Å². The Morgan fingerprint density at radius 3 is 2.41 bits per heavy atom. The van der Waals surface area contributed by atoms with E-state index in [0.29, 0.717) is 17.0 Å². The van der Waals surface area contributed by atoms with Gasteiger partial charge in [-0.1, -0.05) is 6.92 Å². The molecule has 92 valence electrons. The Kier molecular flexibility index (Phi) is 3.09. The van der Waals surface area contributed by atoms with Crippen LogP contribution in [0.4, 0.5) is 5.69 Å². The fourth-order valence-electron chi connectivity index (χ4n) is 1.87. The average Bonchev–Trinajstić information content (AvgIpc) is 3.09. The van der Waals surface area contributed by atoms with Gasteiger partial charge in [0.1, 0.15) is 0 Å². The van der Waals surface area contributed by atoms with Crippen molar-refractivity contribution in [1.82, 2.24) is 0 Å². The summed E-state index contributed by atoms with van der Waals surface area (Å²) in [6, 6.07) is 7.89. The summed E-state index contributed by atoms with van der Waals surface area (Å²) >= 11 is 0. The van der Waals surface area contributed by atoms with Gasteiger partial charge < -0.3 is 10.1 Å². The number of hydrogen-bond acceptors (Lipinski definition) is 3. The van der Waals surface area contributed by atoms with Crippen LogP contribution in [0.2, 0.25) is 0 Å². The van der Waals surface area contributed by atoms with Gasteiger partial charge in [-0.2, -0.15) is 0 Å². The Balaban J connectivity index is 2.00. The summed E-state index contributed by atoms with van der Waals surface area (Å²) in [6.45, 7) is 4.51. The van der Waals surface area contributed by atoms with E-state index in [2.05, 4.69) is 23.9 Å². The number of methoxy groups -OCH3 is 1. The van der Waals surface area contributed by atoms with Crippen molar-refractivity contribution in [2.75, 3.05) is 12.4 Å². The highest BCUT2D eigenvalue weighted by molar-refractivity contribution is 5.89. The van der Waals surface area contributed by atoms with E-state index in [1.165, 1.54) is 20.0 Å². The van der Waals surface area contributed by atoms with E-state index in [1.807, 2.05) is 12.1 Å². The number of rotatable bonds is 4. The first-order valence-electron chi connectivity index (χ1n) is 6.00. The summed E-state index contributed by atoms with van der Waals surface area (Å²) in [5.74, 6) is -0.293. The molecule has 2 rings (SSSR count). The summed E-state index contributed by atoms with van der Waals surface area (Å²) in [6.07, 6.45) is 2.59. The third-order valence-corrected chi connectivity index (χ3v) is 3.77. The number of carbonyl (C=O) groups excluding carboxylic acids is 1. The number of nitrogens with one attached hydrogen (secondary N) is 1. The quantitative estimate of drug-likeness (QED) is 0.812. The molecule has 1 atom stereocenters. The molecule has 1 N–H and O–H groups in total. The lowest BCUT2D eigenvalue weighted by Crippen LogP contribution is -2.24. The van der Waals surface area contributed by atoms with Crippen LogP contribution in [0.5, 0.6) is 0 Å². The molecule has 1 saturated carbocycles. The topological polar surface area (TPSA) is 38.3 Å². The molecular weight excluding hydrogens is 214 g/mol. The number of ether oxygens (including phenoxy) is 1. The molecule has 1 unspecified atom stereocenters. The van der Waals surface area contributed by atoms with Gasteiger partial charge in [0.2, 0.25) is 0 Å². The maximum absolute atomic E-state index is 11.3. The molecule has 1 aromatic rings. The van der Waals surface area contributed by atoms with Gasteiger partial charge in [0.25, 0.3) is 0 Å². The highest BCUT2D eigenvalue weighted by Crippen LogP contribution is 2.48. The second kappa shape index (κ2) is 4.40. The molecule has 3 nitrogen and oxygen atoms in total. The van der Waals surface area contributed by atoms with Gasteiger partial charge in [-0.25, -0.2) is 4.79 Å². The standard InChI is InChI=1S/C14H19NO2/c1-10(14(2)8-9-14)15-12-6-4-11(5-7-12)13(16)17-3/h4-7,10,15H,8-9H2,1-3H3. The zero-order chi connectivity index (χ0) is 12.5. The van der Waals surface area contributed by atoms with Crippen molar-refractivity contribution in [1.29, 1.82) is 0 Å².